The number of carbonyl (C=O) groups is 1. The van der Waals surface area contributed by atoms with Crippen LogP contribution in [0.5, 0.6) is 0 Å². The van der Waals surface area contributed by atoms with Crippen LogP contribution in [0.25, 0.3) is 0 Å². The molecular weight excluding hydrogens is 871 g/mol. The van der Waals surface area contributed by atoms with Crippen molar-refractivity contribution in [3.8, 4) is 0 Å². The van der Waals surface area contributed by atoms with Gasteiger partial charge >= 0.3 is 0 Å². The molecule has 0 spiro atoms. The highest BCUT2D eigenvalue weighted by Crippen LogP contribution is 2.23. The van der Waals surface area contributed by atoms with Crippen molar-refractivity contribution >= 4 is 5.91 Å². The fourth-order valence-corrected chi connectivity index (χ4v) is 9.44. The molecule has 1 aliphatic rings. The fourth-order valence-electron chi connectivity index (χ4n) is 9.44. The van der Waals surface area contributed by atoms with E-state index in [1.54, 1.807) is 0 Å². The lowest BCUT2D eigenvalue weighted by molar-refractivity contribution is -0.303. The molecule has 1 fully saturated rings. The standard InChI is InChI=1S/C58H111NO10/c1-3-5-7-9-11-13-15-17-19-20-21-22-23-24-25-26-27-28-29-30-32-34-36-38-40-42-44-46-51(62)57(67)59-49(48-68-58-56(66)55(65)54(64)52(47-60)69-58)53(63)50(61)45-43-41-39-37-35-33-31-18-16-14-12-10-8-6-4-2/h24-25,37,39,49-56,58,60-66H,3-23,26-36,38,40-48H2,1-2H3,(H,59,67)/b25-24-,39-37+. The summed E-state index contributed by atoms with van der Waals surface area (Å²) >= 11 is 0. The highest BCUT2D eigenvalue weighted by atomic mass is 16.7. The lowest BCUT2D eigenvalue weighted by atomic mass is 9.98. The minimum Gasteiger partial charge on any atom is -0.394 e. The molecule has 408 valence electrons. The van der Waals surface area contributed by atoms with E-state index in [1.165, 1.54) is 193 Å². The topological polar surface area (TPSA) is 189 Å². The predicted octanol–water partition coefficient (Wildman–Crippen LogP) is 12.1. The SMILES string of the molecule is CCCCCCCCCCCC/C=C/CCCC(O)C(O)C(COC1OC(CO)C(O)C(O)C1O)NC(=O)C(O)CCCCCCCCCCCCC/C=C\CCCCCCCCCCCCCC. The molecule has 0 radical (unpaired) electrons. The quantitative estimate of drug-likeness (QED) is 0.0215. The second kappa shape index (κ2) is 47.6. The highest BCUT2D eigenvalue weighted by Gasteiger charge is 2.44. The summed E-state index contributed by atoms with van der Waals surface area (Å²) in [5.74, 6) is -0.704. The molecule has 69 heavy (non-hydrogen) atoms. The first-order valence-electron chi connectivity index (χ1n) is 29.2. The van der Waals surface area contributed by atoms with E-state index in [0.717, 1.165) is 38.5 Å². The first kappa shape index (κ1) is 65.6. The summed E-state index contributed by atoms with van der Waals surface area (Å²) in [6.45, 7) is 3.46. The lowest BCUT2D eigenvalue weighted by Crippen LogP contribution is -2.60. The van der Waals surface area contributed by atoms with Crippen LogP contribution in [0.2, 0.25) is 0 Å². The molecule has 1 saturated heterocycles. The summed E-state index contributed by atoms with van der Waals surface area (Å²) in [7, 11) is 0. The maximum Gasteiger partial charge on any atom is 0.249 e. The van der Waals surface area contributed by atoms with Gasteiger partial charge in [-0.3, -0.25) is 4.79 Å². The second-order valence-electron chi connectivity index (χ2n) is 20.7. The molecule has 0 aromatic rings. The zero-order valence-electron chi connectivity index (χ0n) is 44.6. The zero-order valence-corrected chi connectivity index (χ0v) is 44.6. The van der Waals surface area contributed by atoms with Gasteiger partial charge in [0.05, 0.1) is 25.4 Å². The number of aliphatic hydroxyl groups excluding tert-OH is 7. The first-order valence-corrected chi connectivity index (χ1v) is 29.2. The number of rotatable bonds is 50. The van der Waals surface area contributed by atoms with Crippen LogP contribution in [-0.4, -0.2) is 110 Å². The van der Waals surface area contributed by atoms with Gasteiger partial charge in [0.25, 0.3) is 0 Å². The lowest BCUT2D eigenvalue weighted by Gasteiger charge is -2.40. The Morgan fingerprint density at radius 2 is 0.855 bits per heavy atom. The van der Waals surface area contributed by atoms with Gasteiger partial charge in [0, 0.05) is 0 Å². The van der Waals surface area contributed by atoms with Gasteiger partial charge < -0.3 is 50.5 Å². The average molecular weight is 983 g/mol. The molecule has 1 aliphatic heterocycles. The Bertz CT molecular complexity index is 1170. The molecule has 9 atom stereocenters. The van der Waals surface area contributed by atoms with Crippen LogP contribution in [0.1, 0.15) is 271 Å². The summed E-state index contributed by atoms with van der Waals surface area (Å²) < 4.78 is 11.1. The summed E-state index contributed by atoms with van der Waals surface area (Å²) in [4.78, 5) is 13.2. The minimum absolute atomic E-state index is 0.255. The molecule has 9 unspecified atom stereocenters. The Kier molecular flexibility index (Phi) is 45.2. The highest BCUT2D eigenvalue weighted by molar-refractivity contribution is 5.80. The van der Waals surface area contributed by atoms with Crippen LogP contribution in [0, 0.1) is 0 Å². The number of carbonyl (C=O) groups excluding carboxylic acids is 1. The van der Waals surface area contributed by atoms with Crippen molar-refractivity contribution in [2.75, 3.05) is 13.2 Å². The average Bonchev–Trinajstić information content (AvgIpc) is 3.35. The summed E-state index contributed by atoms with van der Waals surface area (Å²) in [6, 6.07) is -1.18. The van der Waals surface area contributed by atoms with Gasteiger partial charge in [0.1, 0.15) is 36.6 Å². The third-order valence-corrected chi connectivity index (χ3v) is 14.2. The van der Waals surface area contributed by atoms with Crippen molar-refractivity contribution in [1.29, 1.82) is 0 Å². The Morgan fingerprint density at radius 1 is 0.493 bits per heavy atom. The molecule has 0 aliphatic carbocycles. The minimum atomic E-state index is -1.67. The number of amides is 1. The van der Waals surface area contributed by atoms with Gasteiger partial charge in [0.2, 0.25) is 5.91 Å². The van der Waals surface area contributed by atoms with Crippen molar-refractivity contribution in [2.24, 2.45) is 0 Å². The van der Waals surface area contributed by atoms with E-state index >= 15 is 0 Å². The molecule has 1 rings (SSSR count). The van der Waals surface area contributed by atoms with Crippen molar-refractivity contribution in [2.45, 2.75) is 326 Å². The van der Waals surface area contributed by atoms with E-state index in [9.17, 15) is 40.5 Å². The molecule has 11 heteroatoms. The number of hydrogen-bond donors (Lipinski definition) is 8. The molecular formula is C58H111NO10. The number of unbranched alkanes of at least 4 members (excludes halogenated alkanes) is 34. The molecule has 8 N–H and O–H groups in total. The fraction of sp³-hybridized carbons (Fsp3) is 0.914. The van der Waals surface area contributed by atoms with Gasteiger partial charge in [-0.05, 0) is 64.2 Å². The Balaban J connectivity index is 2.28. The van der Waals surface area contributed by atoms with E-state index in [-0.39, 0.29) is 12.8 Å². The van der Waals surface area contributed by atoms with E-state index in [4.69, 9.17) is 9.47 Å². The number of aliphatic hydroxyl groups is 7. The third kappa shape index (κ3) is 36.2. The molecule has 1 amide bonds. The van der Waals surface area contributed by atoms with Crippen molar-refractivity contribution in [3.63, 3.8) is 0 Å². The van der Waals surface area contributed by atoms with Gasteiger partial charge in [-0.25, -0.2) is 0 Å². The number of nitrogens with one attached hydrogen (secondary N) is 1. The second-order valence-corrected chi connectivity index (χ2v) is 20.7. The van der Waals surface area contributed by atoms with Crippen LogP contribution >= 0.6 is 0 Å². The molecule has 0 aromatic carbocycles. The largest absolute Gasteiger partial charge is 0.394 e. The molecule has 11 nitrogen and oxygen atoms in total. The molecule has 1 heterocycles. The monoisotopic (exact) mass is 982 g/mol. The van der Waals surface area contributed by atoms with Crippen LogP contribution < -0.4 is 5.32 Å². The Labute approximate surface area is 423 Å². The summed E-state index contributed by atoms with van der Waals surface area (Å²) in [6.07, 6.45) is 45.3. The van der Waals surface area contributed by atoms with Crippen LogP contribution in [0.15, 0.2) is 24.3 Å². The molecule has 0 aromatic heterocycles. The van der Waals surface area contributed by atoms with Gasteiger partial charge in [-0.15, -0.1) is 0 Å². The van der Waals surface area contributed by atoms with Crippen LogP contribution in [0.4, 0.5) is 0 Å². The normalized spacial score (nSPS) is 20.5. The van der Waals surface area contributed by atoms with Crippen LogP contribution in [0.3, 0.4) is 0 Å². The summed E-state index contributed by atoms with van der Waals surface area (Å²) in [5, 5.41) is 76.0. The van der Waals surface area contributed by atoms with Gasteiger partial charge in [-0.1, -0.05) is 231 Å². The molecule has 0 bridgehead atoms. The van der Waals surface area contributed by atoms with Crippen LogP contribution in [-0.2, 0) is 14.3 Å². The molecule has 0 saturated carbocycles. The maximum atomic E-state index is 13.2. The van der Waals surface area contributed by atoms with Crippen molar-refractivity contribution in [3.05, 3.63) is 24.3 Å². The Hall–Kier alpha value is -1.41. The smallest absolute Gasteiger partial charge is 0.249 e. The number of allylic oxidation sites excluding steroid dienone is 4. The Morgan fingerprint density at radius 3 is 1.25 bits per heavy atom. The zero-order chi connectivity index (χ0) is 50.4. The van der Waals surface area contributed by atoms with Crippen molar-refractivity contribution < 1.29 is 50.0 Å². The third-order valence-electron chi connectivity index (χ3n) is 14.2. The number of ether oxygens (including phenoxy) is 2. The first-order chi connectivity index (χ1) is 33.7. The van der Waals surface area contributed by atoms with E-state index in [1.807, 2.05) is 0 Å². The van der Waals surface area contributed by atoms with Crippen molar-refractivity contribution in [1.82, 2.24) is 5.32 Å². The van der Waals surface area contributed by atoms with Gasteiger partial charge in [-0.2, -0.15) is 0 Å². The number of hydrogen-bond acceptors (Lipinski definition) is 10. The van der Waals surface area contributed by atoms with E-state index in [2.05, 4.69) is 43.5 Å². The van der Waals surface area contributed by atoms with E-state index < -0.39 is 74.2 Å². The maximum absolute atomic E-state index is 13.2. The van der Waals surface area contributed by atoms with E-state index in [0.29, 0.717) is 12.8 Å². The van der Waals surface area contributed by atoms with Gasteiger partial charge in [0.15, 0.2) is 6.29 Å². The summed E-state index contributed by atoms with van der Waals surface area (Å²) in [5.41, 5.74) is 0. The predicted molar refractivity (Wildman–Crippen MR) is 284 cm³/mol.